The van der Waals surface area contributed by atoms with Crippen LogP contribution in [0.3, 0.4) is 0 Å². The minimum Gasteiger partial charge on any atom is -0.370 e. The van der Waals surface area contributed by atoms with E-state index in [1.165, 1.54) is 24.9 Å². The molecule has 1 aliphatic heterocycles. The number of pyridine rings is 1. The molecule has 0 spiro atoms. The number of nitrogens with zero attached hydrogens (tertiary/aromatic N) is 3. The number of hydrogen-bond acceptors (Lipinski definition) is 4. The van der Waals surface area contributed by atoms with Crippen molar-refractivity contribution in [2.75, 3.05) is 39.0 Å². The molecular weight excluding hydrogens is 236 g/mol. The van der Waals surface area contributed by atoms with Gasteiger partial charge in [0.25, 0.3) is 0 Å². The maximum Gasteiger partial charge on any atom is 0.130 e. The zero-order valence-electron chi connectivity index (χ0n) is 12.4. The molecule has 0 radical (unpaired) electrons. The van der Waals surface area contributed by atoms with Crippen LogP contribution in [0.4, 0.5) is 5.82 Å². The van der Waals surface area contributed by atoms with Gasteiger partial charge in [-0.15, -0.1) is 0 Å². The van der Waals surface area contributed by atoms with E-state index in [2.05, 4.69) is 47.2 Å². The number of aromatic nitrogens is 1. The highest BCUT2D eigenvalue weighted by atomic mass is 15.2. The average Bonchev–Trinajstić information content (AvgIpc) is 2.79. The Kier molecular flexibility index (Phi) is 5.16. The Hall–Kier alpha value is -1.13. The van der Waals surface area contributed by atoms with Crippen LogP contribution in [-0.2, 0) is 6.54 Å². The van der Waals surface area contributed by atoms with Crippen LogP contribution in [0.15, 0.2) is 18.3 Å². The number of anilines is 1. The topological polar surface area (TPSA) is 31.4 Å². The third-order valence-electron chi connectivity index (χ3n) is 3.68. The van der Waals surface area contributed by atoms with Gasteiger partial charge in [-0.1, -0.05) is 6.07 Å². The first-order chi connectivity index (χ1) is 9.20. The predicted molar refractivity (Wildman–Crippen MR) is 80.4 cm³/mol. The second kappa shape index (κ2) is 6.87. The third-order valence-corrected chi connectivity index (χ3v) is 3.68. The second-order valence-corrected chi connectivity index (χ2v) is 5.57. The van der Waals surface area contributed by atoms with E-state index in [0.29, 0.717) is 6.04 Å². The van der Waals surface area contributed by atoms with Gasteiger partial charge in [0, 0.05) is 37.4 Å². The summed E-state index contributed by atoms with van der Waals surface area (Å²) in [5, 5.41) is 3.36. The summed E-state index contributed by atoms with van der Waals surface area (Å²) >= 11 is 0. The van der Waals surface area contributed by atoms with Crippen molar-refractivity contribution >= 4 is 5.82 Å². The van der Waals surface area contributed by atoms with Crippen molar-refractivity contribution in [3.8, 4) is 0 Å². The Morgan fingerprint density at radius 1 is 1.47 bits per heavy atom. The van der Waals surface area contributed by atoms with Gasteiger partial charge < -0.3 is 10.2 Å². The van der Waals surface area contributed by atoms with Crippen molar-refractivity contribution < 1.29 is 0 Å². The molecule has 4 heteroatoms. The average molecular weight is 262 g/mol. The highest BCUT2D eigenvalue weighted by molar-refractivity contribution is 5.43. The van der Waals surface area contributed by atoms with E-state index in [-0.39, 0.29) is 0 Å². The van der Waals surface area contributed by atoms with Gasteiger partial charge in [-0.3, -0.25) is 4.90 Å². The first-order valence-electron chi connectivity index (χ1n) is 7.27. The first-order valence-corrected chi connectivity index (χ1v) is 7.27. The van der Waals surface area contributed by atoms with Crippen molar-refractivity contribution in [2.45, 2.75) is 32.4 Å². The summed E-state index contributed by atoms with van der Waals surface area (Å²) in [5.74, 6) is 1.04. The van der Waals surface area contributed by atoms with E-state index in [4.69, 9.17) is 0 Å². The third kappa shape index (κ3) is 3.91. The standard InChI is InChI=1S/C15H26N4/c1-4-16-15-13(7-5-9-17-15)11-19-10-6-8-14(19)12-18(2)3/h5,7,9,14H,4,6,8,10-12H2,1-3H3,(H,16,17). The molecule has 4 nitrogen and oxygen atoms in total. The van der Waals surface area contributed by atoms with Crippen molar-refractivity contribution in [1.82, 2.24) is 14.8 Å². The highest BCUT2D eigenvalue weighted by Crippen LogP contribution is 2.22. The summed E-state index contributed by atoms with van der Waals surface area (Å²) in [6.07, 6.45) is 4.49. The lowest BCUT2D eigenvalue weighted by atomic mass is 10.2. The Bertz CT molecular complexity index is 391. The minimum atomic E-state index is 0.685. The van der Waals surface area contributed by atoms with Gasteiger partial charge in [0.1, 0.15) is 5.82 Å². The largest absolute Gasteiger partial charge is 0.370 e. The van der Waals surface area contributed by atoms with E-state index in [1.807, 2.05) is 12.3 Å². The number of hydrogen-bond donors (Lipinski definition) is 1. The Morgan fingerprint density at radius 3 is 3.05 bits per heavy atom. The van der Waals surface area contributed by atoms with Gasteiger partial charge in [0.2, 0.25) is 0 Å². The van der Waals surface area contributed by atoms with Crippen LogP contribution in [0.25, 0.3) is 0 Å². The molecule has 1 unspecified atom stereocenters. The van der Waals surface area contributed by atoms with Crippen LogP contribution in [0.1, 0.15) is 25.3 Å². The zero-order chi connectivity index (χ0) is 13.7. The molecule has 0 bridgehead atoms. The van der Waals surface area contributed by atoms with Crippen LogP contribution in [-0.4, -0.2) is 54.6 Å². The van der Waals surface area contributed by atoms with Gasteiger partial charge >= 0.3 is 0 Å². The number of likely N-dealkylation sites (tertiary alicyclic amines) is 1. The van der Waals surface area contributed by atoms with Gasteiger partial charge in [-0.05, 0) is 46.5 Å². The van der Waals surface area contributed by atoms with Crippen LogP contribution in [0.5, 0.6) is 0 Å². The van der Waals surface area contributed by atoms with Crippen LogP contribution < -0.4 is 5.32 Å². The maximum atomic E-state index is 4.45. The molecule has 2 rings (SSSR count). The SMILES string of the molecule is CCNc1ncccc1CN1CCCC1CN(C)C. The Balaban J connectivity index is 2.03. The van der Waals surface area contributed by atoms with Crippen molar-refractivity contribution in [3.63, 3.8) is 0 Å². The summed E-state index contributed by atoms with van der Waals surface area (Å²) in [6, 6.07) is 4.91. The molecule has 2 heterocycles. The lowest BCUT2D eigenvalue weighted by Gasteiger charge is -2.27. The molecular formula is C15H26N4. The van der Waals surface area contributed by atoms with E-state index in [9.17, 15) is 0 Å². The first kappa shape index (κ1) is 14.3. The number of likely N-dealkylation sites (N-methyl/N-ethyl adjacent to an activating group) is 1. The van der Waals surface area contributed by atoms with E-state index < -0.39 is 0 Å². The van der Waals surface area contributed by atoms with E-state index in [1.54, 1.807) is 0 Å². The fraction of sp³-hybridized carbons (Fsp3) is 0.667. The fourth-order valence-corrected chi connectivity index (χ4v) is 2.84. The van der Waals surface area contributed by atoms with Gasteiger partial charge in [0.05, 0.1) is 0 Å². The minimum absolute atomic E-state index is 0.685. The van der Waals surface area contributed by atoms with Gasteiger partial charge in [-0.2, -0.15) is 0 Å². The number of rotatable bonds is 6. The quantitative estimate of drug-likeness (QED) is 0.850. The van der Waals surface area contributed by atoms with Crippen molar-refractivity contribution in [2.24, 2.45) is 0 Å². The second-order valence-electron chi connectivity index (χ2n) is 5.57. The number of nitrogens with one attached hydrogen (secondary N) is 1. The molecule has 106 valence electrons. The van der Waals surface area contributed by atoms with Crippen LogP contribution in [0.2, 0.25) is 0 Å². The summed E-state index contributed by atoms with van der Waals surface area (Å²) in [6.45, 7) is 6.40. The molecule has 0 aromatic carbocycles. The zero-order valence-corrected chi connectivity index (χ0v) is 12.4. The van der Waals surface area contributed by atoms with Crippen LogP contribution in [0, 0.1) is 0 Å². The van der Waals surface area contributed by atoms with Gasteiger partial charge in [-0.25, -0.2) is 4.98 Å². The molecule has 1 saturated heterocycles. The summed E-state index contributed by atoms with van der Waals surface area (Å²) in [4.78, 5) is 9.33. The molecule has 1 fully saturated rings. The Morgan fingerprint density at radius 2 is 2.32 bits per heavy atom. The predicted octanol–water partition coefficient (Wildman–Crippen LogP) is 2.04. The maximum absolute atomic E-state index is 4.45. The lowest BCUT2D eigenvalue weighted by Crippen LogP contribution is -2.37. The molecule has 0 saturated carbocycles. The molecule has 0 aliphatic carbocycles. The Labute approximate surface area is 116 Å². The van der Waals surface area contributed by atoms with Crippen LogP contribution >= 0.6 is 0 Å². The molecule has 1 aromatic heterocycles. The lowest BCUT2D eigenvalue weighted by molar-refractivity contribution is 0.201. The molecule has 1 N–H and O–H groups in total. The van der Waals surface area contributed by atoms with Gasteiger partial charge in [0.15, 0.2) is 0 Å². The summed E-state index contributed by atoms with van der Waals surface area (Å²) in [7, 11) is 4.31. The molecule has 19 heavy (non-hydrogen) atoms. The normalized spacial score (nSPS) is 20.1. The van der Waals surface area contributed by atoms with E-state index >= 15 is 0 Å². The van der Waals surface area contributed by atoms with E-state index in [0.717, 1.165) is 25.5 Å². The summed E-state index contributed by atoms with van der Waals surface area (Å²) in [5.41, 5.74) is 1.31. The fourth-order valence-electron chi connectivity index (χ4n) is 2.84. The smallest absolute Gasteiger partial charge is 0.130 e. The molecule has 1 atom stereocenters. The monoisotopic (exact) mass is 262 g/mol. The highest BCUT2D eigenvalue weighted by Gasteiger charge is 2.25. The molecule has 0 amide bonds. The van der Waals surface area contributed by atoms with Crippen molar-refractivity contribution in [1.29, 1.82) is 0 Å². The molecule has 1 aliphatic rings. The molecule has 1 aromatic rings. The summed E-state index contributed by atoms with van der Waals surface area (Å²) < 4.78 is 0. The van der Waals surface area contributed by atoms with Crippen molar-refractivity contribution in [3.05, 3.63) is 23.9 Å².